The number of carbonyl (C=O) groups excluding carboxylic acids is 1. The quantitative estimate of drug-likeness (QED) is 0.634. The molecule has 1 amide bonds. The molecule has 0 saturated carbocycles. The predicted molar refractivity (Wildman–Crippen MR) is 99.4 cm³/mol. The van der Waals surface area contributed by atoms with Crippen molar-refractivity contribution >= 4 is 17.6 Å². The first-order chi connectivity index (χ1) is 12.4. The number of nitrogens with zero attached hydrogens (tertiary/aromatic N) is 4. The highest BCUT2D eigenvalue weighted by atomic mass is 19.1. The highest BCUT2D eigenvalue weighted by Crippen LogP contribution is 2.21. The third kappa shape index (κ3) is 5.31. The maximum atomic E-state index is 14.0. The lowest BCUT2D eigenvalue weighted by atomic mass is 10.2. The molecule has 1 aliphatic heterocycles. The van der Waals surface area contributed by atoms with Crippen LogP contribution in [0, 0.1) is 11.6 Å². The van der Waals surface area contributed by atoms with Gasteiger partial charge in [-0.05, 0) is 18.6 Å². The van der Waals surface area contributed by atoms with Gasteiger partial charge in [-0.25, -0.2) is 13.8 Å². The number of guanidine groups is 1. The molecule has 0 atom stereocenters. The number of benzene rings is 1. The zero-order valence-corrected chi connectivity index (χ0v) is 15.6. The molecule has 6 nitrogen and oxygen atoms in total. The van der Waals surface area contributed by atoms with Crippen molar-refractivity contribution in [2.24, 2.45) is 4.99 Å². The Balaban J connectivity index is 2.02. The van der Waals surface area contributed by atoms with E-state index >= 15 is 0 Å². The summed E-state index contributed by atoms with van der Waals surface area (Å²) in [6, 6.07) is 3.50. The molecule has 0 spiro atoms. The number of hydrogen-bond acceptors (Lipinski definition) is 3. The first-order valence-electron chi connectivity index (χ1n) is 8.85. The molecule has 1 fully saturated rings. The standard InChI is InChI=1S/C18H27F2N5O/c1-4-7-21-18(22-13-17(26)23(2)3)25-10-8-24(9-11-25)16-12-14(19)5-6-15(16)20/h5-6,12H,4,7-11,13H2,1-3H3,(H,21,22). The van der Waals surface area contributed by atoms with Crippen molar-refractivity contribution in [2.45, 2.75) is 13.3 Å². The van der Waals surface area contributed by atoms with Crippen LogP contribution in [0.1, 0.15) is 13.3 Å². The van der Waals surface area contributed by atoms with Crippen molar-refractivity contribution < 1.29 is 13.6 Å². The molecule has 1 aliphatic rings. The van der Waals surface area contributed by atoms with E-state index in [1.54, 1.807) is 14.1 Å². The Morgan fingerprint density at radius 2 is 1.92 bits per heavy atom. The molecule has 0 aliphatic carbocycles. The Morgan fingerprint density at radius 1 is 1.23 bits per heavy atom. The molecule has 1 N–H and O–H groups in total. The fraction of sp³-hybridized carbons (Fsp3) is 0.556. The van der Waals surface area contributed by atoms with Crippen molar-refractivity contribution in [2.75, 3.05) is 58.3 Å². The summed E-state index contributed by atoms with van der Waals surface area (Å²) in [5.74, 6) is -0.255. The van der Waals surface area contributed by atoms with Crippen molar-refractivity contribution in [3.63, 3.8) is 0 Å². The van der Waals surface area contributed by atoms with Crippen LogP contribution in [0.25, 0.3) is 0 Å². The van der Waals surface area contributed by atoms with E-state index in [-0.39, 0.29) is 18.1 Å². The first kappa shape index (κ1) is 19.9. The predicted octanol–water partition coefficient (Wildman–Crippen LogP) is 1.53. The van der Waals surface area contributed by atoms with E-state index in [2.05, 4.69) is 17.2 Å². The van der Waals surface area contributed by atoms with Gasteiger partial charge >= 0.3 is 0 Å². The van der Waals surface area contributed by atoms with Gasteiger partial charge in [0.15, 0.2) is 5.96 Å². The van der Waals surface area contributed by atoms with Crippen LogP contribution in [0.3, 0.4) is 0 Å². The van der Waals surface area contributed by atoms with Crippen LogP contribution in [0.2, 0.25) is 0 Å². The Morgan fingerprint density at radius 3 is 2.54 bits per heavy atom. The monoisotopic (exact) mass is 367 g/mol. The molecule has 26 heavy (non-hydrogen) atoms. The van der Waals surface area contributed by atoms with Gasteiger partial charge in [0.05, 0.1) is 5.69 Å². The minimum Gasteiger partial charge on any atom is -0.366 e. The van der Waals surface area contributed by atoms with Gasteiger partial charge in [-0.1, -0.05) is 6.92 Å². The van der Waals surface area contributed by atoms with E-state index in [0.29, 0.717) is 32.1 Å². The summed E-state index contributed by atoms with van der Waals surface area (Å²) < 4.78 is 27.4. The third-order valence-electron chi connectivity index (χ3n) is 4.22. The van der Waals surface area contributed by atoms with Gasteiger partial charge in [0.1, 0.15) is 18.2 Å². The number of likely N-dealkylation sites (N-methyl/N-ethyl adjacent to an activating group) is 1. The van der Waals surface area contributed by atoms with Gasteiger partial charge in [0.2, 0.25) is 5.91 Å². The summed E-state index contributed by atoms with van der Waals surface area (Å²) in [6.07, 6.45) is 0.940. The zero-order chi connectivity index (χ0) is 19.1. The fourth-order valence-corrected chi connectivity index (χ4v) is 2.68. The van der Waals surface area contributed by atoms with Gasteiger partial charge in [0, 0.05) is 52.9 Å². The van der Waals surface area contributed by atoms with E-state index in [9.17, 15) is 13.6 Å². The van der Waals surface area contributed by atoms with Crippen LogP contribution < -0.4 is 10.2 Å². The molecule has 0 aromatic heterocycles. The normalized spacial score (nSPS) is 15.2. The second-order valence-corrected chi connectivity index (χ2v) is 6.42. The van der Waals surface area contributed by atoms with Gasteiger partial charge in [-0.2, -0.15) is 0 Å². The molecule has 0 bridgehead atoms. The number of piperazine rings is 1. The summed E-state index contributed by atoms with van der Waals surface area (Å²) in [4.78, 5) is 21.6. The number of rotatable bonds is 5. The molecule has 8 heteroatoms. The highest BCUT2D eigenvalue weighted by molar-refractivity contribution is 5.85. The highest BCUT2D eigenvalue weighted by Gasteiger charge is 2.22. The Labute approximate surface area is 153 Å². The number of carbonyl (C=O) groups is 1. The molecular formula is C18H27F2N5O. The van der Waals surface area contributed by atoms with Gasteiger partial charge in [0.25, 0.3) is 0 Å². The SMILES string of the molecule is CCCNC(=NCC(=O)N(C)C)N1CCN(c2cc(F)ccc2F)CC1. The van der Waals surface area contributed by atoms with Gasteiger partial charge < -0.3 is 20.0 Å². The number of nitrogens with one attached hydrogen (secondary N) is 1. The number of anilines is 1. The molecule has 144 valence electrons. The van der Waals surface area contributed by atoms with E-state index in [0.717, 1.165) is 25.1 Å². The number of amides is 1. The average molecular weight is 367 g/mol. The molecule has 1 aromatic carbocycles. The molecule has 0 radical (unpaired) electrons. The van der Waals surface area contributed by atoms with Gasteiger partial charge in [-0.15, -0.1) is 0 Å². The second kappa shape index (κ2) is 9.35. The summed E-state index contributed by atoms with van der Waals surface area (Å²) >= 11 is 0. The average Bonchev–Trinajstić information content (AvgIpc) is 2.63. The van der Waals surface area contributed by atoms with E-state index in [1.165, 1.54) is 11.0 Å². The number of halogens is 2. The topological polar surface area (TPSA) is 51.2 Å². The lowest BCUT2D eigenvalue weighted by molar-refractivity contribution is -0.127. The smallest absolute Gasteiger partial charge is 0.243 e. The van der Waals surface area contributed by atoms with Crippen LogP contribution in [-0.2, 0) is 4.79 Å². The minimum atomic E-state index is -0.446. The fourth-order valence-electron chi connectivity index (χ4n) is 2.68. The molecular weight excluding hydrogens is 340 g/mol. The van der Waals surface area contributed by atoms with Crippen molar-refractivity contribution in [3.05, 3.63) is 29.8 Å². The van der Waals surface area contributed by atoms with E-state index < -0.39 is 11.6 Å². The summed E-state index contributed by atoms with van der Waals surface area (Å²) in [5.41, 5.74) is 0.285. The van der Waals surface area contributed by atoms with Crippen molar-refractivity contribution in [1.82, 2.24) is 15.1 Å². The number of aliphatic imine (C=N–C) groups is 1. The van der Waals surface area contributed by atoms with E-state index in [4.69, 9.17) is 0 Å². The summed E-state index contributed by atoms with van der Waals surface area (Å²) in [7, 11) is 3.40. The maximum Gasteiger partial charge on any atom is 0.243 e. The molecule has 1 heterocycles. The largest absolute Gasteiger partial charge is 0.366 e. The zero-order valence-electron chi connectivity index (χ0n) is 15.6. The Bertz CT molecular complexity index is 642. The molecule has 1 saturated heterocycles. The Hall–Kier alpha value is -2.38. The third-order valence-corrected chi connectivity index (χ3v) is 4.22. The van der Waals surface area contributed by atoms with E-state index in [1.807, 2.05) is 9.80 Å². The van der Waals surface area contributed by atoms with Crippen LogP contribution in [-0.4, -0.2) is 75.0 Å². The van der Waals surface area contributed by atoms with Crippen LogP contribution >= 0.6 is 0 Å². The minimum absolute atomic E-state index is 0.0683. The summed E-state index contributed by atoms with van der Waals surface area (Å²) in [6.45, 7) is 5.22. The van der Waals surface area contributed by atoms with Crippen LogP contribution in [0.4, 0.5) is 14.5 Å². The van der Waals surface area contributed by atoms with Crippen molar-refractivity contribution in [3.8, 4) is 0 Å². The van der Waals surface area contributed by atoms with Crippen molar-refractivity contribution in [1.29, 1.82) is 0 Å². The molecule has 1 aromatic rings. The molecule has 2 rings (SSSR count). The summed E-state index contributed by atoms with van der Waals surface area (Å²) in [5, 5.41) is 3.26. The van der Waals surface area contributed by atoms with Crippen LogP contribution in [0.15, 0.2) is 23.2 Å². The first-order valence-corrected chi connectivity index (χ1v) is 8.85. The maximum absolute atomic E-state index is 14.0. The lowest BCUT2D eigenvalue weighted by Crippen LogP contribution is -2.53. The molecule has 0 unspecified atom stereocenters. The lowest BCUT2D eigenvalue weighted by Gasteiger charge is -2.37. The van der Waals surface area contributed by atoms with Gasteiger partial charge in [-0.3, -0.25) is 4.79 Å². The number of hydrogen-bond donors (Lipinski definition) is 1. The Kier molecular flexibility index (Phi) is 7.17. The van der Waals surface area contributed by atoms with Crippen LogP contribution in [0.5, 0.6) is 0 Å². The second-order valence-electron chi connectivity index (χ2n) is 6.42.